The van der Waals surface area contributed by atoms with Crippen LogP contribution in [0.5, 0.6) is 0 Å². The van der Waals surface area contributed by atoms with Gasteiger partial charge in [0.2, 0.25) is 5.91 Å². The molecule has 0 radical (unpaired) electrons. The first-order chi connectivity index (χ1) is 15.5. The first-order valence-electron chi connectivity index (χ1n) is 10.4. The van der Waals surface area contributed by atoms with Crippen molar-refractivity contribution >= 4 is 38.1 Å². The molecule has 0 atom stereocenters. The Morgan fingerprint density at radius 3 is 2.25 bits per heavy atom. The van der Waals surface area contributed by atoms with Crippen molar-refractivity contribution in [2.45, 2.75) is 18.2 Å². The minimum absolute atomic E-state index is 0.0666. The van der Waals surface area contributed by atoms with Crippen molar-refractivity contribution in [3.8, 4) is 0 Å². The third-order valence-electron chi connectivity index (χ3n) is 5.29. The number of hydrogen-bond donors (Lipinski definition) is 1. The van der Waals surface area contributed by atoms with E-state index in [-0.39, 0.29) is 29.5 Å². The van der Waals surface area contributed by atoms with Gasteiger partial charge >= 0.3 is 0 Å². The molecule has 0 bridgehead atoms. The van der Waals surface area contributed by atoms with E-state index < -0.39 is 10.0 Å². The first kappa shape index (κ1) is 21.6. The summed E-state index contributed by atoms with van der Waals surface area (Å²) in [5.41, 5.74) is 1.74. The standard InChI is InChI=1S/C26H24N2O3S/c1-2-28(22-14-4-3-5-15-22)32(30,31)25-18-9-8-17-24(25)27-26(29)19-21-13-10-12-20-11-6-7-16-23(20)21/h3-18H,2,19H2,1H3,(H,27,29). The fourth-order valence-electron chi connectivity index (χ4n) is 3.81. The summed E-state index contributed by atoms with van der Waals surface area (Å²) in [5, 5.41) is 4.88. The van der Waals surface area contributed by atoms with Gasteiger partial charge in [0.25, 0.3) is 10.0 Å². The van der Waals surface area contributed by atoms with Crippen molar-refractivity contribution in [1.29, 1.82) is 0 Å². The van der Waals surface area contributed by atoms with Crippen molar-refractivity contribution in [1.82, 2.24) is 0 Å². The molecule has 32 heavy (non-hydrogen) atoms. The molecular formula is C26H24N2O3S. The minimum atomic E-state index is -3.87. The maximum absolute atomic E-state index is 13.5. The Morgan fingerprint density at radius 2 is 1.47 bits per heavy atom. The summed E-state index contributed by atoms with van der Waals surface area (Å²) in [6, 6.07) is 29.2. The predicted octanol–water partition coefficient (Wildman–Crippen LogP) is 5.24. The van der Waals surface area contributed by atoms with E-state index in [1.165, 1.54) is 10.4 Å². The van der Waals surface area contributed by atoms with Crippen LogP contribution in [0.25, 0.3) is 10.8 Å². The third kappa shape index (κ3) is 4.36. The van der Waals surface area contributed by atoms with Gasteiger partial charge in [0.15, 0.2) is 0 Å². The number of carbonyl (C=O) groups excluding carboxylic acids is 1. The van der Waals surface area contributed by atoms with Gasteiger partial charge < -0.3 is 5.32 Å². The Labute approximate surface area is 188 Å². The molecule has 0 saturated heterocycles. The molecule has 1 amide bonds. The van der Waals surface area contributed by atoms with E-state index in [9.17, 15) is 13.2 Å². The predicted molar refractivity (Wildman–Crippen MR) is 129 cm³/mol. The monoisotopic (exact) mass is 444 g/mol. The lowest BCUT2D eigenvalue weighted by Gasteiger charge is -2.24. The van der Waals surface area contributed by atoms with Crippen LogP contribution in [-0.2, 0) is 21.2 Å². The second kappa shape index (κ2) is 9.24. The van der Waals surface area contributed by atoms with E-state index >= 15 is 0 Å². The minimum Gasteiger partial charge on any atom is -0.325 e. The van der Waals surface area contributed by atoms with E-state index in [1.807, 2.05) is 48.5 Å². The van der Waals surface area contributed by atoms with Crippen molar-refractivity contribution in [2.24, 2.45) is 0 Å². The molecule has 0 aliphatic rings. The van der Waals surface area contributed by atoms with Crippen molar-refractivity contribution in [3.63, 3.8) is 0 Å². The van der Waals surface area contributed by atoms with Gasteiger partial charge in [-0.1, -0.05) is 72.8 Å². The summed E-state index contributed by atoms with van der Waals surface area (Å²) in [4.78, 5) is 13.0. The molecule has 0 unspecified atom stereocenters. The van der Waals surface area contributed by atoms with Crippen LogP contribution in [0.15, 0.2) is 102 Å². The second-order valence-corrected chi connectivity index (χ2v) is 9.20. The maximum Gasteiger partial charge on any atom is 0.266 e. The van der Waals surface area contributed by atoms with Crippen LogP contribution in [0.3, 0.4) is 0 Å². The number of fused-ring (bicyclic) bond motifs is 1. The third-order valence-corrected chi connectivity index (χ3v) is 7.25. The van der Waals surface area contributed by atoms with Gasteiger partial charge in [-0.2, -0.15) is 0 Å². The van der Waals surface area contributed by atoms with Gasteiger partial charge in [-0.15, -0.1) is 0 Å². The highest BCUT2D eigenvalue weighted by Gasteiger charge is 2.26. The van der Waals surface area contributed by atoms with Crippen LogP contribution in [-0.4, -0.2) is 20.9 Å². The van der Waals surface area contributed by atoms with E-state index in [1.54, 1.807) is 49.4 Å². The molecule has 0 aromatic heterocycles. The highest BCUT2D eigenvalue weighted by molar-refractivity contribution is 7.93. The quantitative estimate of drug-likeness (QED) is 0.424. The van der Waals surface area contributed by atoms with Crippen molar-refractivity contribution in [3.05, 3.63) is 103 Å². The molecule has 4 rings (SSSR count). The number of rotatable bonds is 7. The smallest absolute Gasteiger partial charge is 0.266 e. The summed E-state index contributed by atoms with van der Waals surface area (Å²) in [5.74, 6) is -0.272. The highest BCUT2D eigenvalue weighted by atomic mass is 32.2. The molecule has 1 N–H and O–H groups in total. The summed E-state index contributed by atoms with van der Waals surface area (Å²) < 4.78 is 28.3. The number of nitrogens with zero attached hydrogens (tertiary/aromatic N) is 1. The fourth-order valence-corrected chi connectivity index (χ4v) is 5.44. The molecule has 0 spiro atoms. The Kier molecular flexibility index (Phi) is 6.23. The Balaban J connectivity index is 1.63. The number of sulfonamides is 1. The van der Waals surface area contributed by atoms with Crippen LogP contribution in [0.1, 0.15) is 12.5 Å². The van der Waals surface area contributed by atoms with Crippen LogP contribution in [0.4, 0.5) is 11.4 Å². The van der Waals surface area contributed by atoms with E-state index in [2.05, 4.69) is 5.32 Å². The molecule has 0 aliphatic carbocycles. The number of para-hydroxylation sites is 2. The Bertz CT molecular complexity index is 1350. The van der Waals surface area contributed by atoms with Crippen LogP contribution >= 0.6 is 0 Å². The molecule has 5 nitrogen and oxygen atoms in total. The van der Waals surface area contributed by atoms with E-state index in [0.717, 1.165) is 16.3 Å². The number of hydrogen-bond acceptors (Lipinski definition) is 3. The summed E-state index contributed by atoms with van der Waals surface area (Å²) in [6.07, 6.45) is 0.145. The molecule has 6 heteroatoms. The molecule has 162 valence electrons. The lowest BCUT2D eigenvalue weighted by atomic mass is 10.0. The largest absolute Gasteiger partial charge is 0.325 e. The highest BCUT2D eigenvalue weighted by Crippen LogP contribution is 2.28. The van der Waals surface area contributed by atoms with E-state index in [0.29, 0.717) is 5.69 Å². The zero-order chi connectivity index (χ0) is 22.6. The number of nitrogens with one attached hydrogen (secondary N) is 1. The molecule has 4 aromatic rings. The lowest BCUT2D eigenvalue weighted by Crippen LogP contribution is -2.31. The maximum atomic E-state index is 13.5. The molecule has 0 fully saturated rings. The van der Waals surface area contributed by atoms with Gasteiger partial charge in [0, 0.05) is 6.54 Å². The van der Waals surface area contributed by atoms with Crippen LogP contribution in [0, 0.1) is 0 Å². The second-order valence-electron chi connectivity index (χ2n) is 7.36. The number of anilines is 2. The SMILES string of the molecule is CCN(c1ccccc1)S(=O)(=O)c1ccccc1NC(=O)Cc1cccc2ccccc12. The van der Waals surface area contributed by atoms with Gasteiger partial charge in [0.1, 0.15) is 4.90 Å². The Morgan fingerprint density at radius 1 is 0.812 bits per heavy atom. The van der Waals surface area contributed by atoms with Crippen molar-refractivity contribution < 1.29 is 13.2 Å². The number of amides is 1. The summed E-state index contributed by atoms with van der Waals surface area (Å²) in [7, 11) is -3.87. The van der Waals surface area contributed by atoms with E-state index in [4.69, 9.17) is 0 Å². The molecule has 0 saturated carbocycles. The Hall–Kier alpha value is -3.64. The van der Waals surface area contributed by atoms with Crippen molar-refractivity contribution in [2.75, 3.05) is 16.2 Å². The van der Waals surface area contributed by atoms with Crippen LogP contribution in [0.2, 0.25) is 0 Å². The van der Waals surface area contributed by atoms with Gasteiger partial charge in [-0.05, 0) is 47.5 Å². The molecule has 0 aliphatic heterocycles. The molecular weight excluding hydrogens is 420 g/mol. The van der Waals surface area contributed by atoms with Crippen LogP contribution < -0.4 is 9.62 Å². The fraction of sp³-hybridized carbons (Fsp3) is 0.115. The summed E-state index contributed by atoms with van der Waals surface area (Å²) >= 11 is 0. The molecule has 0 heterocycles. The zero-order valence-electron chi connectivity index (χ0n) is 17.7. The van der Waals surface area contributed by atoms with Gasteiger partial charge in [-0.25, -0.2) is 8.42 Å². The average Bonchev–Trinajstić information content (AvgIpc) is 2.80. The zero-order valence-corrected chi connectivity index (χ0v) is 18.5. The summed E-state index contributed by atoms with van der Waals surface area (Å²) in [6.45, 7) is 2.05. The number of benzene rings is 4. The normalized spacial score (nSPS) is 11.3. The molecule has 4 aromatic carbocycles. The average molecular weight is 445 g/mol. The van der Waals surface area contributed by atoms with Gasteiger partial charge in [0.05, 0.1) is 17.8 Å². The first-order valence-corrected chi connectivity index (χ1v) is 11.9. The number of carbonyl (C=O) groups is 1. The van der Waals surface area contributed by atoms with Gasteiger partial charge in [-0.3, -0.25) is 9.10 Å². The lowest BCUT2D eigenvalue weighted by molar-refractivity contribution is -0.115. The topological polar surface area (TPSA) is 66.5 Å².